The second-order valence-corrected chi connectivity index (χ2v) is 8.25. The Morgan fingerprint density at radius 1 is 1.27 bits per heavy atom. The lowest BCUT2D eigenvalue weighted by atomic mass is 10.2. The van der Waals surface area contributed by atoms with E-state index in [-0.39, 0.29) is 16.9 Å². The Morgan fingerprint density at radius 2 is 2.15 bits per heavy atom. The molecule has 8 nitrogen and oxygen atoms in total. The molecule has 1 aromatic rings. The van der Waals surface area contributed by atoms with Crippen LogP contribution in [0.4, 0.5) is 0 Å². The van der Waals surface area contributed by atoms with Gasteiger partial charge in [-0.3, -0.25) is 4.79 Å². The fourth-order valence-electron chi connectivity index (χ4n) is 2.97. The summed E-state index contributed by atoms with van der Waals surface area (Å²) in [5.74, 6) is -0.325. The molecular weight excluding hydrogens is 358 g/mol. The standard InChI is InChI=1S/C17H25N3O5S/c21-17(19-12-15-13-24-9-10-25-15)14-3-1-4-16(11-14)26(22,23)20-7-2-5-18-6-8-20/h1,3-4,11,15,18H,2,5-10,12-13H2,(H,19,21)/t15-/m1/s1. The first-order valence-electron chi connectivity index (χ1n) is 8.86. The SMILES string of the molecule is O=C(NC[C@@H]1COCCO1)c1cccc(S(=O)(=O)N2CCCNCC2)c1. The summed E-state index contributed by atoms with van der Waals surface area (Å²) in [5.41, 5.74) is 0.316. The topological polar surface area (TPSA) is 97.0 Å². The van der Waals surface area contributed by atoms with Crippen molar-refractivity contribution in [1.29, 1.82) is 0 Å². The highest BCUT2D eigenvalue weighted by Crippen LogP contribution is 2.18. The van der Waals surface area contributed by atoms with Crippen LogP contribution in [0.15, 0.2) is 29.2 Å². The van der Waals surface area contributed by atoms with Gasteiger partial charge in [0.05, 0.1) is 30.8 Å². The Bertz CT molecular complexity index is 711. The summed E-state index contributed by atoms with van der Waals surface area (Å²) in [4.78, 5) is 12.5. The van der Waals surface area contributed by atoms with Crippen LogP contribution in [0.3, 0.4) is 0 Å². The van der Waals surface area contributed by atoms with E-state index in [2.05, 4.69) is 10.6 Å². The number of carbonyl (C=O) groups excluding carboxylic acids is 1. The van der Waals surface area contributed by atoms with Gasteiger partial charge in [-0.1, -0.05) is 6.07 Å². The fourth-order valence-corrected chi connectivity index (χ4v) is 4.50. The number of benzene rings is 1. The number of hydrogen-bond acceptors (Lipinski definition) is 6. The highest BCUT2D eigenvalue weighted by Gasteiger charge is 2.26. The quantitative estimate of drug-likeness (QED) is 0.732. The van der Waals surface area contributed by atoms with Crippen LogP contribution in [0.1, 0.15) is 16.8 Å². The van der Waals surface area contributed by atoms with Crippen molar-refractivity contribution >= 4 is 15.9 Å². The largest absolute Gasteiger partial charge is 0.376 e. The monoisotopic (exact) mass is 383 g/mol. The van der Waals surface area contributed by atoms with Crippen LogP contribution < -0.4 is 10.6 Å². The van der Waals surface area contributed by atoms with Gasteiger partial charge in [0.2, 0.25) is 10.0 Å². The molecule has 0 unspecified atom stereocenters. The van der Waals surface area contributed by atoms with E-state index < -0.39 is 10.0 Å². The first-order valence-corrected chi connectivity index (χ1v) is 10.3. The number of rotatable bonds is 5. The van der Waals surface area contributed by atoms with E-state index >= 15 is 0 Å². The minimum absolute atomic E-state index is 0.143. The van der Waals surface area contributed by atoms with Crippen molar-refractivity contribution in [3.05, 3.63) is 29.8 Å². The smallest absolute Gasteiger partial charge is 0.251 e. The molecule has 2 N–H and O–H groups in total. The predicted octanol–water partition coefficient (Wildman–Crippen LogP) is -0.184. The van der Waals surface area contributed by atoms with Gasteiger partial charge >= 0.3 is 0 Å². The normalized spacial score (nSPS) is 22.5. The zero-order valence-electron chi connectivity index (χ0n) is 14.6. The van der Waals surface area contributed by atoms with Gasteiger partial charge in [-0.15, -0.1) is 0 Å². The Kier molecular flexibility index (Phi) is 6.60. The van der Waals surface area contributed by atoms with E-state index in [1.807, 2.05) is 0 Å². The van der Waals surface area contributed by atoms with E-state index in [4.69, 9.17) is 9.47 Å². The molecule has 144 valence electrons. The summed E-state index contributed by atoms with van der Waals surface area (Å²) in [7, 11) is -3.61. The van der Waals surface area contributed by atoms with Crippen LogP contribution >= 0.6 is 0 Å². The van der Waals surface area contributed by atoms with Crippen LogP contribution in [0.25, 0.3) is 0 Å². The summed E-state index contributed by atoms with van der Waals surface area (Å²) in [6.07, 6.45) is 0.590. The number of amides is 1. The molecule has 2 fully saturated rings. The molecule has 0 radical (unpaired) electrons. The molecule has 2 saturated heterocycles. The van der Waals surface area contributed by atoms with Crippen molar-refractivity contribution in [2.24, 2.45) is 0 Å². The van der Waals surface area contributed by atoms with Gasteiger partial charge < -0.3 is 20.1 Å². The molecule has 9 heteroatoms. The molecule has 1 aromatic carbocycles. The number of nitrogens with zero attached hydrogens (tertiary/aromatic N) is 1. The second-order valence-electron chi connectivity index (χ2n) is 6.31. The highest BCUT2D eigenvalue weighted by atomic mass is 32.2. The molecule has 0 aliphatic carbocycles. The van der Waals surface area contributed by atoms with Crippen molar-refractivity contribution in [3.63, 3.8) is 0 Å². The fraction of sp³-hybridized carbons (Fsp3) is 0.588. The molecule has 0 bridgehead atoms. The van der Waals surface area contributed by atoms with Gasteiger partial charge in [-0.05, 0) is 31.2 Å². The number of sulfonamides is 1. The number of carbonyl (C=O) groups is 1. The third-order valence-corrected chi connectivity index (χ3v) is 6.30. The van der Waals surface area contributed by atoms with Crippen molar-refractivity contribution in [1.82, 2.24) is 14.9 Å². The molecule has 0 spiro atoms. The summed E-state index contributed by atoms with van der Waals surface area (Å²) in [5, 5.41) is 5.96. The third kappa shape index (κ3) is 4.80. The second kappa shape index (κ2) is 8.92. The Labute approximate surface area is 153 Å². The molecule has 2 aliphatic rings. The van der Waals surface area contributed by atoms with Gasteiger partial charge in [-0.25, -0.2) is 8.42 Å². The van der Waals surface area contributed by atoms with Gasteiger partial charge in [0.25, 0.3) is 5.91 Å². The van der Waals surface area contributed by atoms with Crippen LogP contribution in [0.2, 0.25) is 0 Å². The maximum atomic E-state index is 12.8. The summed E-state index contributed by atoms with van der Waals surface area (Å²) < 4.78 is 37.9. The summed E-state index contributed by atoms with van der Waals surface area (Å²) in [6, 6.07) is 6.17. The molecule has 2 aliphatic heterocycles. The zero-order valence-corrected chi connectivity index (χ0v) is 15.5. The molecular formula is C17H25N3O5S. The summed E-state index contributed by atoms with van der Waals surface area (Å²) in [6.45, 7) is 4.19. The van der Waals surface area contributed by atoms with Crippen molar-refractivity contribution < 1.29 is 22.7 Å². The maximum Gasteiger partial charge on any atom is 0.251 e. The molecule has 1 atom stereocenters. The van der Waals surface area contributed by atoms with E-state index in [0.29, 0.717) is 51.6 Å². The molecule has 0 aromatic heterocycles. The first-order chi connectivity index (χ1) is 12.6. The van der Waals surface area contributed by atoms with E-state index in [1.54, 1.807) is 12.1 Å². The van der Waals surface area contributed by atoms with Crippen molar-refractivity contribution in [2.45, 2.75) is 17.4 Å². The molecule has 26 heavy (non-hydrogen) atoms. The molecule has 2 heterocycles. The molecule has 3 rings (SSSR count). The highest BCUT2D eigenvalue weighted by molar-refractivity contribution is 7.89. The van der Waals surface area contributed by atoms with Gasteiger partial charge in [0.15, 0.2) is 0 Å². The number of hydrogen-bond donors (Lipinski definition) is 2. The summed E-state index contributed by atoms with van der Waals surface area (Å²) >= 11 is 0. The average molecular weight is 383 g/mol. The first kappa shape index (κ1) is 19.2. The predicted molar refractivity (Wildman–Crippen MR) is 95.6 cm³/mol. The van der Waals surface area contributed by atoms with E-state index in [9.17, 15) is 13.2 Å². The lowest BCUT2D eigenvalue weighted by molar-refractivity contribution is -0.0855. The van der Waals surface area contributed by atoms with E-state index in [0.717, 1.165) is 13.0 Å². The van der Waals surface area contributed by atoms with Gasteiger partial charge in [0, 0.05) is 31.7 Å². The number of nitrogens with one attached hydrogen (secondary N) is 2. The van der Waals surface area contributed by atoms with Gasteiger partial charge in [-0.2, -0.15) is 4.31 Å². The van der Waals surface area contributed by atoms with Crippen LogP contribution in [0, 0.1) is 0 Å². The van der Waals surface area contributed by atoms with Crippen LogP contribution in [-0.4, -0.2) is 77.3 Å². The molecule has 0 saturated carbocycles. The maximum absolute atomic E-state index is 12.8. The molecule has 1 amide bonds. The van der Waals surface area contributed by atoms with Crippen LogP contribution in [-0.2, 0) is 19.5 Å². The van der Waals surface area contributed by atoms with E-state index in [1.165, 1.54) is 16.4 Å². The zero-order chi connectivity index (χ0) is 18.4. The Balaban J connectivity index is 1.67. The Hall–Kier alpha value is -1.52. The third-order valence-electron chi connectivity index (χ3n) is 4.41. The lowest BCUT2D eigenvalue weighted by Crippen LogP contribution is -2.39. The van der Waals surface area contributed by atoms with Crippen molar-refractivity contribution in [2.75, 3.05) is 52.5 Å². The van der Waals surface area contributed by atoms with Crippen LogP contribution in [0.5, 0.6) is 0 Å². The Morgan fingerprint density at radius 3 is 2.96 bits per heavy atom. The van der Waals surface area contributed by atoms with Gasteiger partial charge in [0.1, 0.15) is 0 Å². The minimum Gasteiger partial charge on any atom is -0.376 e. The number of ether oxygens (including phenoxy) is 2. The van der Waals surface area contributed by atoms with Crippen molar-refractivity contribution in [3.8, 4) is 0 Å². The lowest BCUT2D eigenvalue weighted by Gasteiger charge is -2.23. The average Bonchev–Trinajstić information content (AvgIpc) is 2.97. The minimum atomic E-state index is -3.61.